The maximum absolute atomic E-state index is 14.0. The number of nitrogen functional groups attached to an aromatic ring is 1. The zero-order valence-electron chi connectivity index (χ0n) is 12.3. The van der Waals surface area contributed by atoms with Gasteiger partial charge in [0.25, 0.3) is 5.91 Å². The number of carbonyl (C=O) groups is 1. The molecule has 0 fully saturated rings. The molecule has 110 valence electrons. The Kier molecular flexibility index (Phi) is 3.84. The molecule has 0 bridgehead atoms. The van der Waals surface area contributed by atoms with Crippen LogP contribution in [-0.2, 0) is 0 Å². The predicted octanol–water partition coefficient (Wildman–Crippen LogP) is 3.18. The van der Waals surface area contributed by atoms with Gasteiger partial charge in [0.15, 0.2) is 0 Å². The molecule has 2 aromatic carbocycles. The largest absolute Gasteiger partial charge is 0.398 e. The summed E-state index contributed by atoms with van der Waals surface area (Å²) in [6, 6.07) is 6.44. The van der Waals surface area contributed by atoms with E-state index in [2.05, 4.69) is 5.32 Å². The molecule has 5 heteroatoms. The van der Waals surface area contributed by atoms with Gasteiger partial charge in [-0.3, -0.25) is 4.79 Å². The first-order valence-electron chi connectivity index (χ1n) is 6.53. The van der Waals surface area contributed by atoms with Crippen LogP contribution in [0.1, 0.15) is 27.0 Å². The smallest absolute Gasteiger partial charge is 0.250 e. The molecule has 0 spiro atoms. The van der Waals surface area contributed by atoms with Crippen LogP contribution in [0.2, 0.25) is 0 Å². The fraction of sp³-hybridized carbons (Fsp3) is 0.188. The second-order valence-electron chi connectivity index (χ2n) is 5.18. The normalized spacial score (nSPS) is 10.5. The third-order valence-corrected chi connectivity index (χ3v) is 3.34. The van der Waals surface area contributed by atoms with Crippen molar-refractivity contribution in [2.45, 2.75) is 20.8 Å². The number of primary amides is 1. The third kappa shape index (κ3) is 2.97. The molecule has 0 unspecified atom stereocenters. The van der Waals surface area contributed by atoms with Gasteiger partial charge in [0.2, 0.25) is 0 Å². The molecule has 0 radical (unpaired) electrons. The van der Waals surface area contributed by atoms with Crippen molar-refractivity contribution in [3.8, 4) is 0 Å². The molecule has 0 heterocycles. The molecule has 0 aliphatic rings. The minimum Gasteiger partial charge on any atom is -0.398 e. The van der Waals surface area contributed by atoms with Crippen molar-refractivity contribution in [1.29, 1.82) is 0 Å². The summed E-state index contributed by atoms with van der Waals surface area (Å²) < 4.78 is 14.0. The van der Waals surface area contributed by atoms with Gasteiger partial charge in [0.05, 0.1) is 11.3 Å². The third-order valence-electron chi connectivity index (χ3n) is 3.34. The number of anilines is 3. The highest BCUT2D eigenvalue weighted by Crippen LogP contribution is 2.29. The molecule has 0 aliphatic heterocycles. The van der Waals surface area contributed by atoms with Gasteiger partial charge >= 0.3 is 0 Å². The molecule has 21 heavy (non-hydrogen) atoms. The lowest BCUT2D eigenvalue weighted by Gasteiger charge is -2.15. The van der Waals surface area contributed by atoms with E-state index in [4.69, 9.17) is 11.5 Å². The van der Waals surface area contributed by atoms with Crippen molar-refractivity contribution in [3.63, 3.8) is 0 Å². The molecule has 0 aromatic heterocycles. The second-order valence-corrected chi connectivity index (χ2v) is 5.18. The zero-order valence-corrected chi connectivity index (χ0v) is 12.3. The average Bonchev–Trinajstić information content (AvgIpc) is 2.35. The van der Waals surface area contributed by atoms with E-state index < -0.39 is 11.7 Å². The quantitative estimate of drug-likeness (QED) is 0.758. The number of nitrogens with one attached hydrogen (secondary N) is 1. The molecule has 0 saturated carbocycles. The van der Waals surface area contributed by atoms with Crippen LogP contribution >= 0.6 is 0 Å². The van der Waals surface area contributed by atoms with Gasteiger partial charge in [-0.25, -0.2) is 4.39 Å². The second kappa shape index (κ2) is 5.44. The number of amides is 1. The molecule has 0 saturated heterocycles. The maximum Gasteiger partial charge on any atom is 0.250 e. The van der Waals surface area contributed by atoms with Crippen molar-refractivity contribution in [2.24, 2.45) is 5.73 Å². The highest BCUT2D eigenvalue weighted by molar-refractivity contribution is 5.99. The first-order valence-corrected chi connectivity index (χ1v) is 6.53. The van der Waals surface area contributed by atoms with E-state index in [9.17, 15) is 9.18 Å². The Labute approximate surface area is 123 Å². The molecule has 2 rings (SSSR count). The molecule has 1 amide bonds. The van der Waals surface area contributed by atoms with Gasteiger partial charge < -0.3 is 16.8 Å². The van der Waals surface area contributed by atoms with Gasteiger partial charge in [-0.15, -0.1) is 0 Å². The topological polar surface area (TPSA) is 81.1 Å². The number of rotatable bonds is 3. The Morgan fingerprint density at radius 2 is 1.67 bits per heavy atom. The summed E-state index contributed by atoms with van der Waals surface area (Å²) >= 11 is 0. The van der Waals surface area contributed by atoms with Gasteiger partial charge in [0.1, 0.15) is 5.82 Å². The Bertz CT molecular complexity index is 703. The van der Waals surface area contributed by atoms with Gasteiger partial charge in [0, 0.05) is 11.4 Å². The van der Waals surface area contributed by atoms with E-state index in [-0.39, 0.29) is 16.9 Å². The molecular formula is C16H18FN3O. The fourth-order valence-corrected chi connectivity index (χ4v) is 2.41. The lowest BCUT2D eigenvalue weighted by atomic mass is 10.0. The van der Waals surface area contributed by atoms with E-state index in [0.29, 0.717) is 0 Å². The average molecular weight is 287 g/mol. The monoisotopic (exact) mass is 287 g/mol. The summed E-state index contributed by atoms with van der Waals surface area (Å²) in [6.07, 6.45) is 0. The first-order chi connectivity index (χ1) is 9.79. The summed E-state index contributed by atoms with van der Waals surface area (Å²) in [5.41, 5.74) is 15.1. The van der Waals surface area contributed by atoms with Crippen molar-refractivity contribution in [3.05, 3.63) is 52.3 Å². The minimum absolute atomic E-state index is 0.0305. The van der Waals surface area contributed by atoms with E-state index in [0.717, 1.165) is 28.4 Å². The van der Waals surface area contributed by atoms with E-state index in [1.54, 1.807) is 0 Å². The Hall–Kier alpha value is -2.56. The zero-order chi connectivity index (χ0) is 15.7. The van der Waals surface area contributed by atoms with E-state index in [1.807, 2.05) is 32.9 Å². The summed E-state index contributed by atoms with van der Waals surface area (Å²) in [6.45, 7) is 5.87. The Morgan fingerprint density at radius 3 is 2.19 bits per heavy atom. The molecule has 5 N–H and O–H groups in total. The van der Waals surface area contributed by atoms with Crippen molar-refractivity contribution >= 4 is 23.0 Å². The van der Waals surface area contributed by atoms with E-state index >= 15 is 0 Å². The Balaban J connectivity index is 2.50. The molecular weight excluding hydrogens is 269 g/mol. The van der Waals surface area contributed by atoms with Crippen LogP contribution in [0.3, 0.4) is 0 Å². The number of hydrogen-bond acceptors (Lipinski definition) is 3. The van der Waals surface area contributed by atoms with Crippen LogP contribution in [0.4, 0.5) is 21.5 Å². The summed E-state index contributed by atoms with van der Waals surface area (Å²) in [4.78, 5) is 11.3. The van der Waals surface area contributed by atoms with Crippen LogP contribution in [-0.4, -0.2) is 5.91 Å². The van der Waals surface area contributed by atoms with Crippen LogP contribution in [0.15, 0.2) is 24.3 Å². The molecule has 2 aromatic rings. The van der Waals surface area contributed by atoms with Gasteiger partial charge in [-0.2, -0.15) is 0 Å². The molecule has 4 nitrogen and oxygen atoms in total. The van der Waals surface area contributed by atoms with E-state index in [1.165, 1.54) is 6.07 Å². The number of nitrogens with two attached hydrogens (primary N) is 2. The van der Waals surface area contributed by atoms with Crippen molar-refractivity contribution in [1.82, 2.24) is 0 Å². The first kappa shape index (κ1) is 14.8. The molecule has 0 atom stereocenters. The highest BCUT2D eigenvalue weighted by Gasteiger charge is 2.13. The number of hydrogen-bond donors (Lipinski definition) is 3. The van der Waals surface area contributed by atoms with Crippen LogP contribution < -0.4 is 16.8 Å². The van der Waals surface area contributed by atoms with Crippen LogP contribution in [0, 0.1) is 26.6 Å². The van der Waals surface area contributed by atoms with Gasteiger partial charge in [-0.05, 0) is 44.0 Å². The SMILES string of the molecule is Cc1cc(C)c(Nc2cc(C(N)=O)c(N)cc2F)c(C)c1. The van der Waals surface area contributed by atoms with Crippen LogP contribution in [0.5, 0.6) is 0 Å². The number of carbonyl (C=O) groups excluding carboxylic acids is 1. The number of benzene rings is 2. The summed E-state index contributed by atoms with van der Waals surface area (Å²) in [5.74, 6) is -1.22. The Morgan fingerprint density at radius 1 is 1.10 bits per heavy atom. The highest BCUT2D eigenvalue weighted by atomic mass is 19.1. The minimum atomic E-state index is -0.687. The van der Waals surface area contributed by atoms with Crippen molar-refractivity contribution < 1.29 is 9.18 Å². The van der Waals surface area contributed by atoms with Crippen LogP contribution in [0.25, 0.3) is 0 Å². The number of aryl methyl sites for hydroxylation is 3. The van der Waals surface area contributed by atoms with Crippen molar-refractivity contribution in [2.75, 3.05) is 11.1 Å². The number of halogens is 1. The summed E-state index contributed by atoms with van der Waals surface area (Å²) in [7, 11) is 0. The lowest BCUT2D eigenvalue weighted by molar-refractivity contribution is 0.100. The molecule has 0 aliphatic carbocycles. The maximum atomic E-state index is 14.0. The summed E-state index contributed by atoms with van der Waals surface area (Å²) in [5, 5.41) is 3.02. The predicted molar refractivity (Wildman–Crippen MR) is 83.3 cm³/mol. The van der Waals surface area contributed by atoms with Gasteiger partial charge in [-0.1, -0.05) is 17.7 Å². The standard InChI is InChI=1S/C16H18FN3O/c1-8-4-9(2)15(10(3)5-8)20-14-6-11(16(19)21)13(18)7-12(14)17/h4-7,20H,18H2,1-3H3,(H2,19,21). The fourth-order valence-electron chi connectivity index (χ4n) is 2.41. The lowest BCUT2D eigenvalue weighted by Crippen LogP contribution is -2.14.